The molecule has 5 heteroatoms. The Balaban J connectivity index is 2.02. The Hall–Kier alpha value is -1.23. The van der Waals surface area contributed by atoms with Gasteiger partial charge in [0.1, 0.15) is 0 Å². The van der Waals surface area contributed by atoms with E-state index in [0.717, 1.165) is 22.3 Å². The topological polar surface area (TPSA) is 35.5 Å². The number of rotatable bonds is 7. The number of halogens is 1. The van der Waals surface area contributed by atoms with Crippen LogP contribution in [0.5, 0.6) is 0 Å². The second-order valence-electron chi connectivity index (χ2n) is 4.90. The first-order valence-electron chi connectivity index (χ1n) is 7.10. The number of hydrogen-bond donors (Lipinski definition) is 2. The van der Waals surface area contributed by atoms with Crippen LogP contribution < -0.4 is 10.2 Å². The van der Waals surface area contributed by atoms with Gasteiger partial charge in [-0.1, -0.05) is 11.6 Å². The SMILES string of the molecule is CCN(CCO)c1ccc(NC(C)c2csc(Cl)c2)cc1. The van der Waals surface area contributed by atoms with E-state index >= 15 is 0 Å². The molecule has 1 unspecified atom stereocenters. The van der Waals surface area contributed by atoms with Crippen LogP contribution in [-0.2, 0) is 0 Å². The van der Waals surface area contributed by atoms with Crippen LogP contribution in [0.3, 0.4) is 0 Å². The van der Waals surface area contributed by atoms with Gasteiger partial charge >= 0.3 is 0 Å². The van der Waals surface area contributed by atoms with Gasteiger partial charge in [0, 0.05) is 30.5 Å². The van der Waals surface area contributed by atoms with Gasteiger partial charge in [0.15, 0.2) is 0 Å². The van der Waals surface area contributed by atoms with Crippen LogP contribution in [0.4, 0.5) is 11.4 Å². The molecule has 0 bridgehead atoms. The normalized spacial score (nSPS) is 12.2. The smallest absolute Gasteiger partial charge is 0.0931 e. The lowest BCUT2D eigenvalue weighted by Gasteiger charge is -2.22. The Bertz CT molecular complexity index is 556. The Morgan fingerprint density at radius 2 is 2.05 bits per heavy atom. The number of aliphatic hydroxyl groups is 1. The van der Waals surface area contributed by atoms with Crippen LogP contribution in [0.1, 0.15) is 25.5 Å². The number of hydrogen-bond acceptors (Lipinski definition) is 4. The molecular formula is C16H21ClN2OS. The number of benzene rings is 1. The zero-order valence-corrected chi connectivity index (χ0v) is 13.9. The Labute approximate surface area is 135 Å². The average molecular weight is 325 g/mol. The van der Waals surface area contributed by atoms with Crippen molar-refractivity contribution in [1.82, 2.24) is 0 Å². The molecule has 1 aromatic carbocycles. The van der Waals surface area contributed by atoms with Crippen molar-refractivity contribution in [2.75, 3.05) is 29.9 Å². The molecule has 0 fully saturated rings. The highest BCUT2D eigenvalue weighted by atomic mass is 35.5. The molecule has 2 N–H and O–H groups in total. The molecule has 0 saturated heterocycles. The summed E-state index contributed by atoms with van der Waals surface area (Å²) in [5, 5.41) is 14.6. The molecular weight excluding hydrogens is 304 g/mol. The summed E-state index contributed by atoms with van der Waals surface area (Å²) in [5.74, 6) is 0. The fourth-order valence-corrected chi connectivity index (χ4v) is 3.23. The van der Waals surface area contributed by atoms with Crippen molar-refractivity contribution in [2.24, 2.45) is 0 Å². The summed E-state index contributed by atoms with van der Waals surface area (Å²) in [5.41, 5.74) is 3.40. The second kappa shape index (κ2) is 7.69. The van der Waals surface area contributed by atoms with Gasteiger partial charge in [-0.05, 0) is 55.1 Å². The van der Waals surface area contributed by atoms with E-state index < -0.39 is 0 Å². The number of aliphatic hydroxyl groups excluding tert-OH is 1. The number of likely N-dealkylation sites (N-methyl/N-ethyl adjacent to an activating group) is 1. The Morgan fingerprint density at radius 1 is 1.33 bits per heavy atom. The highest BCUT2D eigenvalue weighted by Crippen LogP contribution is 2.27. The predicted molar refractivity (Wildman–Crippen MR) is 92.8 cm³/mol. The maximum absolute atomic E-state index is 9.07. The molecule has 1 heterocycles. The van der Waals surface area contributed by atoms with Gasteiger partial charge in [0.25, 0.3) is 0 Å². The number of thiophene rings is 1. The minimum absolute atomic E-state index is 0.170. The van der Waals surface area contributed by atoms with Crippen molar-refractivity contribution < 1.29 is 5.11 Å². The van der Waals surface area contributed by atoms with Gasteiger partial charge in [-0.25, -0.2) is 0 Å². The molecule has 2 aromatic rings. The molecule has 0 aliphatic heterocycles. The lowest BCUT2D eigenvalue weighted by atomic mass is 10.1. The van der Waals surface area contributed by atoms with E-state index in [4.69, 9.17) is 16.7 Å². The van der Waals surface area contributed by atoms with Gasteiger partial charge in [0.05, 0.1) is 10.9 Å². The van der Waals surface area contributed by atoms with Crippen molar-refractivity contribution >= 4 is 34.3 Å². The Kier molecular flexibility index (Phi) is 5.91. The predicted octanol–water partition coefficient (Wildman–Crippen LogP) is 4.39. The molecule has 21 heavy (non-hydrogen) atoms. The number of anilines is 2. The molecule has 0 amide bonds. The van der Waals surface area contributed by atoms with Crippen molar-refractivity contribution in [1.29, 1.82) is 0 Å². The maximum atomic E-state index is 9.07. The standard InChI is InChI=1S/C16H21ClN2OS/c1-3-19(8-9-20)15-6-4-14(5-7-15)18-12(2)13-10-16(17)21-11-13/h4-7,10-12,18,20H,3,8-9H2,1-2H3. The van der Waals surface area contributed by atoms with E-state index in [1.807, 2.05) is 6.07 Å². The van der Waals surface area contributed by atoms with Gasteiger partial charge in [0.2, 0.25) is 0 Å². The maximum Gasteiger partial charge on any atom is 0.0931 e. The molecule has 0 aliphatic carbocycles. The minimum atomic E-state index is 0.170. The molecule has 1 atom stereocenters. The summed E-state index contributed by atoms with van der Waals surface area (Å²) in [4.78, 5) is 2.14. The van der Waals surface area contributed by atoms with Crippen LogP contribution in [0, 0.1) is 0 Å². The van der Waals surface area contributed by atoms with Gasteiger partial charge in [-0.3, -0.25) is 0 Å². The monoisotopic (exact) mass is 324 g/mol. The lowest BCUT2D eigenvalue weighted by Crippen LogP contribution is -2.25. The zero-order chi connectivity index (χ0) is 15.2. The van der Waals surface area contributed by atoms with Crippen molar-refractivity contribution in [2.45, 2.75) is 19.9 Å². The molecule has 114 valence electrons. The van der Waals surface area contributed by atoms with Crippen LogP contribution in [-0.4, -0.2) is 24.8 Å². The molecule has 1 aromatic heterocycles. The third-order valence-electron chi connectivity index (χ3n) is 3.46. The van der Waals surface area contributed by atoms with E-state index in [0.29, 0.717) is 6.54 Å². The van der Waals surface area contributed by atoms with Gasteiger partial charge < -0.3 is 15.3 Å². The van der Waals surface area contributed by atoms with Gasteiger partial charge in [-0.15, -0.1) is 11.3 Å². The largest absolute Gasteiger partial charge is 0.395 e. The molecule has 0 aliphatic rings. The Morgan fingerprint density at radius 3 is 2.57 bits per heavy atom. The highest BCUT2D eigenvalue weighted by molar-refractivity contribution is 7.14. The first-order valence-corrected chi connectivity index (χ1v) is 8.36. The van der Waals surface area contributed by atoms with E-state index in [2.05, 4.69) is 53.7 Å². The van der Waals surface area contributed by atoms with E-state index in [9.17, 15) is 0 Å². The third kappa shape index (κ3) is 4.37. The van der Waals surface area contributed by atoms with Crippen LogP contribution in [0.25, 0.3) is 0 Å². The fourth-order valence-electron chi connectivity index (χ4n) is 2.24. The number of nitrogens with zero attached hydrogens (tertiary/aromatic N) is 1. The molecule has 0 radical (unpaired) electrons. The minimum Gasteiger partial charge on any atom is -0.395 e. The van der Waals surface area contributed by atoms with Crippen LogP contribution >= 0.6 is 22.9 Å². The van der Waals surface area contributed by atoms with E-state index in [1.165, 1.54) is 5.56 Å². The molecule has 2 rings (SSSR count). The van der Waals surface area contributed by atoms with Crippen LogP contribution in [0.15, 0.2) is 35.7 Å². The first-order chi connectivity index (χ1) is 10.1. The lowest BCUT2D eigenvalue weighted by molar-refractivity contribution is 0.302. The fraction of sp³-hybridized carbons (Fsp3) is 0.375. The summed E-state index contributed by atoms with van der Waals surface area (Å²) in [6, 6.07) is 10.5. The summed E-state index contributed by atoms with van der Waals surface area (Å²) >= 11 is 7.53. The molecule has 0 saturated carbocycles. The zero-order valence-electron chi connectivity index (χ0n) is 12.3. The summed E-state index contributed by atoms with van der Waals surface area (Å²) in [6.45, 7) is 5.93. The summed E-state index contributed by atoms with van der Waals surface area (Å²) in [6.07, 6.45) is 0. The summed E-state index contributed by atoms with van der Waals surface area (Å²) < 4.78 is 0.816. The average Bonchev–Trinajstić information content (AvgIpc) is 2.92. The van der Waals surface area contributed by atoms with E-state index in [-0.39, 0.29) is 12.6 Å². The molecule has 0 spiro atoms. The van der Waals surface area contributed by atoms with Crippen LogP contribution in [0.2, 0.25) is 4.34 Å². The second-order valence-corrected chi connectivity index (χ2v) is 6.44. The highest BCUT2D eigenvalue weighted by Gasteiger charge is 2.08. The summed E-state index contributed by atoms with van der Waals surface area (Å²) in [7, 11) is 0. The van der Waals surface area contributed by atoms with Crippen molar-refractivity contribution in [3.05, 3.63) is 45.6 Å². The first kappa shape index (κ1) is 16.1. The van der Waals surface area contributed by atoms with Crippen molar-refractivity contribution in [3.63, 3.8) is 0 Å². The van der Waals surface area contributed by atoms with Gasteiger partial charge in [-0.2, -0.15) is 0 Å². The van der Waals surface area contributed by atoms with E-state index in [1.54, 1.807) is 11.3 Å². The molecule has 3 nitrogen and oxygen atoms in total. The number of nitrogens with one attached hydrogen (secondary N) is 1. The quantitative estimate of drug-likeness (QED) is 0.792. The third-order valence-corrected chi connectivity index (χ3v) is 4.56. The van der Waals surface area contributed by atoms with Crippen molar-refractivity contribution in [3.8, 4) is 0 Å².